The summed E-state index contributed by atoms with van der Waals surface area (Å²) in [7, 11) is 0. The van der Waals surface area contributed by atoms with Gasteiger partial charge in [0.15, 0.2) is 5.75 Å². The van der Waals surface area contributed by atoms with Crippen LogP contribution in [0.4, 0.5) is 0 Å². The van der Waals surface area contributed by atoms with Crippen molar-refractivity contribution in [1.82, 2.24) is 9.13 Å². The van der Waals surface area contributed by atoms with Crippen LogP contribution in [0.25, 0.3) is 27.5 Å². The molecule has 0 radical (unpaired) electrons. The van der Waals surface area contributed by atoms with Crippen molar-refractivity contribution in [2.24, 2.45) is 5.73 Å². The summed E-state index contributed by atoms with van der Waals surface area (Å²) in [5.74, 6) is 0.563. The van der Waals surface area contributed by atoms with Crippen LogP contribution in [0.15, 0.2) is 58.1 Å². The van der Waals surface area contributed by atoms with Gasteiger partial charge in [-0.05, 0) is 43.2 Å². The highest BCUT2D eigenvalue weighted by atomic mass is 16.5. The Bertz CT molecular complexity index is 1400. The Hall–Kier alpha value is -3.38. The summed E-state index contributed by atoms with van der Waals surface area (Å²) in [6, 6.07) is 14.6. The van der Waals surface area contributed by atoms with Crippen molar-refractivity contribution in [2.45, 2.75) is 19.9 Å². The maximum absolute atomic E-state index is 13.0. The molecule has 4 aromatic rings. The molecular formula is C23H21N3O3. The molecule has 29 heavy (non-hydrogen) atoms. The molecule has 0 saturated heterocycles. The minimum Gasteiger partial charge on any atom is -0.487 e. The molecule has 6 nitrogen and oxygen atoms in total. The lowest BCUT2D eigenvalue weighted by Crippen LogP contribution is -2.36. The van der Waals surface area contributed by atoms with E-state index < -0.39 is 0 Å². The first-order valence-corrected chi connectivity index (χ1v) is 9.64. The van der Waals surface area contributed by atoms with E-state index in [1.807, 2.05) is 44.2 Å². The summed E-state index contributed by atoms with van der Waals surface area (Å²) in [4.78, 5) is 25.9. The van der Waals surface area contributed by atoms with E-state index in [0.717, 1.165) is 27.6 Å². The van der Waals surface area contributed by atoms with Crippen molar-refractivity contribution in [1.29, 1.82) is 0 Å². The van der Waals surface area contributed by atoms with Crippen molar-refractivity contribution in [3.05, 3.63) is 80.4 Å². The average Bonchev–Trinajstić information content (AvgIpc) is 2.72. The number of benzene rings is 2. The van der Waals surface area contributed by atoms with Crippen molar-refractivity contribution < 1.29 is 4.74 Å². The zero-order valence-electron chi connectivity index (χ0n) is 16.3. The van der Waals surface area contributed by atoms with Crippen molar-refractivity contribution in [3.63, 3.8) is 0 Å². The summed E-state index contributed by atoms with van der Waals surface area (Å²) in [5, 5.41) is 1.86. The third-order valence-corrected chi connectivity index (χ3v) is 5.75. The Kier molecular flexibility index (Phi) is 3.86. The van der Waals surface area contributed by atoms with Gasteiger partial charge in [-0.1, -0.05) is 18.2 Å². The minimum atomic E-state index is -0.239. The second-order valence-corrected chi connectivity index (χ2v) is 7.57. The van der Waals surface area contributed by atoms with Gasteiger partial charge in [-0.15, -0.1) is 0 Å². The van der Waals surface area contributed by atoms with E-state index in [2.05, 4.69) is 6.07 Å². The molecule has 1 aliphatic rings. The van der Waals surface area contributed by atoms with E-state index in [1.54, 1.807) is 21.3 Å². The molecule has 0 saturated carbocycles. The van der Waals surface area contributed by atoms with Crippen LogP contribution in [0.5, 0.6) is 5.75 Å². The summed E-state index contributed by atoms with van der Waals surface area (Å²) in [5.41, 5.74) is 9.59. The summed E-state index contributed by atoms with van der Waals surface area (Å²) in [6.07, 6.45) is 0. The standard InChI is InChI=1S/C23H21N3O3/c1-13-8-19(27)25(15-6-4-3-5-7-15)21-17(13)10-18-14(2)9-20(28)26-16(11-24)12-29-23(21)22(18)26/h3-10,16H,11-12,24H2,1-2H3. The van der Waals surface area contributed by atoms with Crippen LogP contribution in [-0.4, -0.2) is 22.3 Å². The lowest BCUT2D eigenvalue weighted by Gasteiger charge is -2.29. The van der Waals surface area contributed by atoms with Gasteiger partial charge in [0.1, 0.15) is 12.1 Å². The summed E-state index contributed by atoms with van der Waals surface area (Å²) < 4.78 is 9.58. The number of fused-ring (bicyclic) bond motifs is 2. The van der Waals surface area contributed by atoms with E-state index >= 15 is 0 Å². The Balaban J connectivity index is 2.07. The fourth-order valence-corrected chi connectivity index (χ4v) is 4.34. The maximum Gasteiger partial charge on any atom is 0.255 e. The molecule has 5 rings (SSSR count). The molecule has 146 valence electrons. The molecule has 2 aromatic heterocycles. The lowest BCUT2D eigenvalue weighted by molar-refractivity contribution is 0.239. The number of nitrogens with zero attached hydrogens (tertiary/aromatic N) is 2. The molecule has 6 heteroatoms. The molecule has 0 fully saturated rings. The number of pyridine rings is 2. The molecule has 2 N–H and O–H groups in total. The third kappa shape index (κ3) is 2.46. The SMILES string of the molecule is Cc1cc(=O)n(-c2ccccc2)c2c3c4c(cc12)c(C)cc(=O)n4C(CN)CO3. The first-order chi connectivity index (χ1) is 14.0. The molecule has 0 amide bonds. The first kappa shape index (κ1) is 17.7. The van der Waals surface area contributed by atoms with Gasteiger partial charge in [-0.2, -0.15) is 0 Å². The number of aromatic nitrogens is 2. The van der Waals surface area contributed by atoms with E-state index in [-0.39, 0.29) is 23.8 Å². The van der Waals surface area contributed by atoms with Crippen LogP contribution in [0.1, 0.15) is 17.2 Å². The Labute approximate surface area is 166 Å². The number of hydrogen-bond acceptors (Lipinski definition) is 4. The number of ether oxygens (including phenoxy) is 1. The molecule has 1 atom stereocenters. The lowest BCUT2D eigenvalue weighted by atomic mass is 10.0. The van der Waals surface area contributed by atoms with E-state index in [1.165, 1.54) is 0 Å². The minimum absolute atomic E-state index is 0.101. The molecule has 0 bridgehead atoms. The predicted molar refractivity (Wildman–Crippen MR) is 114 cm³/mol. The Morgan fingerprint density at radius 1 is 0.966 bits per heavy atom. The zero-order chi connectivity index (χ0) is 20.3. The molecular weight excluding hydrogens is 366 g/mol. The topological polar surface area (TPSA) is 79.2 Å². The number of aryl methyl sites for hydroxylation is 2. The van der Waals surface area contributed by atoms with Crippen LogP contribution in [-0.2, 0) is 0 Å². The van der Waals surface area contributed by atoms with Crippen molar-refractivity contribution in [2.75, 3.05) is 13.2 Å². The molecule has 2 aromatic carbocycles. The van der Waals surface area contributed by atoms with Crippen molar-refractivity contribution >= 4 is 21.8 Å². The first-order valence-electron chi connectivity index (χ1n) is 9.64. The summed E-state index contributed by atoms with van der Waals surface area (Å²) >= 11 is 0. The molecule has 0 spiro atoms. The normalized spacial score (nSPS) is 15.6. The highest BCUT2D eigenvalue weighted by molar-refractivity contribution is 6.05. The van der Waals surface area contributed by atoms with Gasteiger partial charge in [0, 0.05) is 35.1 Å². The van der Waals surface area contributed by atoms with Gasteiger partial charge < -0.3 is 10.5 Å². The van der Waals surface area contributed by atoms with Gasteiger partial charge in [0.05, 0.1) is 11.6 Å². The van der Waals surface area contributed by atoms with Crippen LogP contribution >= 0.6 is 0 Å². The average molecular weight is 387 g/mol. The molecule has 1 unspecified atom stereocenters. The maximum atomic E-state index is 13.0. The summed E-state index contributed by atoms with van der Waals surface area (Å²) in [6.45, 7) is 4.44. The second kappa shape index (κ2) is 6.32. The fraction of sp³-hybridized carbons (Fsp3) is 0.217. The monoisotopic (exact) mass is 387 g/mol. The van der Waals surface area contributed by atoms with Crippen LogP contribution < -0.4 is 21.6 Å². The molecule has 1 aliphatic heterocycles. The zero-order valence-corrected chi connectivity index (χ0v) is 16.3. The van der Waals surface area contributed by atoms with E-state index in [9.17, 15) is 9.59 Å². The van der Waals surface area contributed by atoms with Gasteiger partial charge in [0.25, 0.3) is 11.1 Å². The van der Waals surface area contributed by atoms with E-state index in [0.29, 0.717) is 23.3 Å². The Morgan fingerprint density at radius 2 is 1.62 bits per heavy atom. The number of hydrogen-bond donors (Lipinski definition) is 1. The quantitative estimate of drug-likeness (QED) is 0.537. The number of para-hydroxylation sites is 1. The smallest absolute Gasteiger partial charge is 0.255 e. The van der Waals surface area contributed by atoms with Gasteiger partial charge in [-0.3, -0.25) is 18.7 Å². The molecule has 3 heterocycles. The van der Waals surface area contributed by atoms with Crippen LogP contribution in [0.2, 0.25) is 0 Å². The van der Waals surface area contributed by atoms with Gasteiger partial charge >= 0.3 is 0 Å². The number of rotatable bonds is 2. The number of nitrogens with two attached hydrogens (primary N) is 1. The fourth-order valence-electron chi connectivity index (χ4n) is 4.34. The van der Waals surface area contributed by atoms with Crippen LogP contribution in [0.3, 0.4) is 0 Å². The Morgan fingerprint density at radius 3 is 2.31 bits per heavy atom. The molecule has 0 aliphatic carbocycles. The van der Waals surface area contributed by atoms with Crippen molar-refractivity contribution in [3.8, 4) is 11.4 Å². The second-order valence-electron chi connectivity index (χ2n) is 7.57. The van der Waals surface area contributed by atoms with E-state index in [4.69, 9.17) is 10.5 Å². The van der Waals surface area contributed by atoms with Crippen LogP contribution in [0, 0.1) is 13.8 Å². The third-order valence-electron chi connectivity index (χ3n) is 5.75. The highest BCUT2D eigenvalue weighted by Crippen LogP contribution is 2.40. The predicted octanol–water partition coefficient (Wildman–Crippen LogP) is 2.81. The highest BCUT2D eigenvalue weighted by Gasteiger charge is 2.27. The van der Waals surface area contributed by atoms with Gasteiger partial charge in [0.2, 0.25) is 0 Å². The largest absolute Gasteiger partial charge is 0.487 e. The van der Waals surface area contributed by atoms with Gasteiger partial charge in [-0.25, -0.2) is 0 Å².